The molecule has 92 valence electrons. The van der Waals surface area contributed by atoms with Crippen molar-refractivity contribution in [2.75, 3.05) is 5.32 Å². The summed E-state index contributed by atoms with van der Waals surface area (Å²) in [5.74, 6) is -0.393. The van der Waals surface area contributed by atoms with Gasteiger partial charge in [-0.15, -0.1) is 0 Å². The van der Waals surface area contributed by atoms with E-state index in [-0.39, 0.29) is 4.99 Å². The molecule has 0 aliphatic rings. The van der Waals surface area contributed by atoms with Crippen molar-refractivity contribution in [2.24, 2.45) is 5.73 Å². The van der Waals surface area contributed by atoms with Crippen molar-refractivity contribution in [3.8, 4) is 0 Å². The molecule has 0 spiro atoms. The van der Waals surface area contributed by atoms with Gasteiger partial charge < -0.3 is 11.1 Å². The zero-order valence-corrected chi connectivity index (χ0v) is 11.7. The molecule has 5 heteroatoms. The van der Waals surface area contributed by atoms with E-state index < -0.39 is 5.82 Å². The molecule has 18 heavy (non-hydrogen) atoms. The molecule has 0 saturated heterocycles. The van der Waals surface area contributed by atoms with E-state index in [1.165, 1.54) is 6.07 Å². The van der Waals surface area contributed by atoms with Crippen molar-refractivity contribution in [1.82, 2.24) is 0 Å². The number of hydrogen-bond donors (Lipinski definition) is 2. The van der Waals surface area contributed by atoms with Crippen molar-refractivity contribution in [3.63, 3.8) is 0 Å². The van der Waals surface area contributed by atoms with E-state index in [1.54, 1.807) is 12.1 Å². The summed E-state index contributed by atoms with van der Waals surface area (Å²) in [4.78, 5) is 0.182. The van der Waals surface area contributed by atoms with Gasteiger partial charge in [-0.3, -0.25) is 0 Å². The zero-order chi connectivity index (χ0) is 13.1. The summed E-state index contributed by atoms with van der Waals surface area (Å²) in [6, 6.07) is 12.1. The summed E-state index contributed by atoms with van der Waals surface area (Å²) >= 11 is 8.19. The number of nitrogens with one attached hydrogen (secondary N) is 1. The lowest BCUT2D eigenvalue weighted by Gasteiger charge is -2.10. The fourth-order valence-corrected chi connectivity index (χ4v) is 1.99. The largest absolute Gasteiger partial charge is 0.389 e. The van der Waals surface area contributed by atoms with Crippen LogP contribution in [0.5, 0.6) is 0 Å². The number of nitrogens with two attached hydrogens (primary N) is 1. The van der Waals surface area contributed by atoms with Gasteiger partial charge in [0, 0.05) is 10.0 Å². The van der Waals surface area contributed by atoms with Crippen molar-refractivity contribution < 1.29 is 4.39 Å². The number of anilines is 2. The molecule has 0 radical (unpaired) electrons. The molecule has 0 aromatic heterocycles. The molecule has 0 aliphatic heterocycles. The molecule has 0 bridgehead atoms. The molecule has 0 saturated carbocycles. The van der Waals surface area contributed by atoms with Crippen LogP contribution in [0.25, 0.3) is 0 Å². The van der Waals surface area contributed by atoms with Gasteiger partial charge in [0.1, 0.15) is 10.8 Å². The van der Waals surface area contributed by atoms with Gasteiger partial charge in [-0.25, -0.2) is 4.39 Å². The van der Waals surface area contributed by atoms with E-state index in [1.807, 2.05) is 24.3 Å². The molecule has 0 aliphatic carbocycles. The smallest absolute Gasteiger partial charge is 0.147 e. The van der Waals surface area contributed by atoms with E-state index in [9.17, 15) is 4.39 Å². The Kier molecular flexibility index (Phi) is 3.93. The lowest BCUT2D eigenvalue weighted by Crippen LogP contribution is -2.09. The molecule has 0 atom stereocenters. The van der Waals surface area contributed by atoms with Crippen LogP contribution >= 0.6 is 28.1 Å². The van der Waals surface area contributed by atoms with Crippen LogP contribution < -0.4 is 11.1 Å². The minimum absolute atomic E-state index is 0.182. The van der Waals surface area contributed by atoms with Crippen LogP contribution in [0.1, 0.15) is 5.56 Å². The Morgan fingerprint density at radius 3 is 2.50 bits per heavy atom. The Morgan fingerprint density at radius 2 is 1.89 bits per heavy atom. The average Bonchev–Trinajstić information content (AvgIpc) is 2.34. The van der Waals surface area contributed by atoms with Crippen molar-refractivity contribution >= 4 is 44.5 Å². The number of benzene rings is 2. The maximum Gasteiger partial charge on any atom is 0.147 e. The lowest BCUT2D eigenvalue weighted by molar-refractivity contribution is 0.631. The van der Waals surface area contributed by atoms with Crippen LogP contribution in [0, 0.1) is 5.82 Å². The number of para-hydroxylation sites is 1. The molecule has 0 amide bonds. The number of hydrogen-bond acceptors (Lipinski definition) is 2. The van der Waals surface area contributed by atoms with Gasteiger partial charge in [-0.2, -0.15) is 0 Å². The van der Waals surface area contributed by atoms with E-state index in [0.717, 1.165) is 10.2 Å². The van der Waals surface area contributed by atoms with Crippen LogP contribution in [0.4, 0.5) is 15.8 Å². The number of rotatable bonds is 3. The summed E-state index contributed by atoms with van der Waals surface area (Å²) in [5, 5.41) is 3.00. The van der Waals surface area contributed by atoms with Crippen molar-refractivity contribution in [2.45, 2.75) is 0 Å². The highest BCUT2D eigenvalue weighted by Crippen LogP contribution is 2.27. The second-order valence-electron chi connectivity index (χ2n) is 3.66. The van der Waals surface area contributed by atoms with Gasteiger partial charge >= 0.3 is 0 Å². The topological polar surface area (TPSA) is 38.0 Å². The predicted molar refractivity (Wildman–Crippen MR) is 79.7 cm³/mol. The van der Waals surface area contributed by atoms with Crippen LogP contribution in [0.2, 0.25) is 0 Å². The van der Waals surface area contributed by atoms with E-state index in [2.05, 4.69) is 21.2 Å². The second kappa shape index (κ2) is 5.46. The van der Waals surface area contributed by atoms with Gasteiger partial charge in [0.15, 0.2) is 0 Å². The number of halogens is 2. The maximum absolute atomic E-state index is 13.8. The minimum atomic E-state index is -0.393. The average molecular weight is 325 g/mol. The Labute approximate surface area is 118 Å². The highest BCUT2D eigenvalue weighted by atomic mass is 79.9. The van der Waals surface area contributed by atoms with Gasteiger partial charge in [0.25, 0.3) is 0 Å². The first-order valence-electron chi connectivity index (χ1n) is 5.19. The fraction of sp³-hybridized carbons (Fsp3) is 0. The third-order valence-corrected chi connectivity index (χ3v) is 3.32. The molecule has 0 heterocycles. The monoisotopic (exact) mass is 324 g/mol. The molecule has 2 aromatic carbocycles. The predicted octanol–water partition coefficient (Wildman–Crippen LogP) is 3.97. The minimum Gasteiger partial charge on any atom is -0.389 e. The summed E-state index contributed by atoms with van der Waals surface area (Å²) in [6.45, 7) is 0. The Balaban J connectivity index is 2.30. The third kappa shape index (κ3) is 2.86. The van der Waals surface area contributed by atoms with Gasteiger partial charge in [-0.05, 0) is 46.3 Å². The zero-order valence-electron chi connectivity index (χ0n) is 9.28. The van der Waals surface area contributed by atoms with Gasteiger partial charge in [0.2, 0.25) is 0 Å². The van der Waals surface area contributed by atoms with Gasteiger partial charge in [0.05, 0.1) is 11.4 Å². The molecule has 3 N–H and O–H groups in total. The van der Waals surface area contributed by atoms with Crippen molar-refractivity contribution in [1.29, 1.82) is 0 Å². The first-order chi connectivity index (χ1) is 8.58. The normalized spacial score (nSPS) is 10.1. The summed E-state index contributed by atoms with van der Waals surface area (Å²) in [7, 11) is 0. The highest BCUT2D eigenvalue weighted by molar-refractivity contribution is 9.10. The molecule has 2 nitrogen and oxygen atoms in total. The quantitative estimate of drug-likeness (QED) is 0.839. The third-order valence-electron chi connectivity index (χ3n) is 2.40. The van der Waals surface area contributed by atoms with E-state index in [4.69, 9.17) is 18.0 Å². The molecule has 0 unspecified atom stereocenters. The first-order valence-corrected chi connectivity index (χ1v) is 6.39. The van der Waals surface area contributed by atoms with Crippen molar-refractivity contribution in [3.05, 3.63) is 58.3 Å². The molecular formula is C13H10BrFN2S. The van der Waals surface area contributed by atoms with E-state index >= 15 is 0 Å². The first kappa shape index (κ1) is 13.0. The molecular weight excluding hydrogens is 315 g/mol. The standard InChI is InChI=1S/C13H10BrFN2S/c14-9-3-1-2-4-11(9)17-12-6-5-8(13(16)18)7-10(12)15/h1-7,17H,(H2,16,18). The summed E-state index contributed by atoms with van der Waals surface area (Å²) < 4.78 is 14.7. The van der Waals surface area contributed by atoms with E-state index in [0.29, 0.717) is 11.3 Å². The Bertz CT molecular complexity index is 601. The Morgan fingerprint density at radius 1 is 1.17 bits per heavy atom. The molecule has 0 fully saturated rings. The summed E-state index contributed by atoms with van der Waals surface area (Å²) in [5.41, 5.74) is 7.13. The van der Waals surface area contributed by atoms with Gasteiger partial charge in [-0.1, -0.05) is 24.4 Å². The van der Waals surface area contributed by atoms with Crippen LogP contribution in [0.3, 0.4) is 0 Å². The second-order valence-corrected chi connectivity index (χ2v) is 4.96. The van der Waals surface area contributed by atoms with Crippen LogP contribution in [-0.4, -0.2) is 4.99 Å². The lowest BCUT2D eigenvalue weighted by atomic mass is 10.2. The van der Waals surface area contributed by atoms with Crippen LogP contribution in [-0.2, 0) is 0 Å². The summed E-state index contributed by atoms with van der Waals surface area (Å²) in [6.07, 6.45) is 0. The number of thiocarbonyl (C=S) groups is 1. The SMILES string of the molecule is NC(=S)c1ccc(Nc2ccccc2Br)c(F)c1. The maximum atomic E-state index is 13.8. The fourth-order valence-electron chi connectivity index (χ4n) is 1.48. The highest BCUT2D eigenvalue weighted by Gasteiger charge is 2.06. The molecule has 2 aromatic rings. The van der Waals surface area contributed by atoms with Crippen LogP contribution in [0.15, 0.2) is 46.9 Å². The Hall–Kier alpha value is -1.46. The molecule has 2 rings (SSSR count).